The van der Waals surface area contributed by atoms with Crippen molar-refractivity contribution >= 4 is 5.69 Å². The van der Waals surface area contributed by atoms with Gasteiger partial charge in [0.15, 0.2) is 0 Å². The van der Waals surface area contributed by atoms with E-state index in [0.29, 0.717) is 0 Å². The first-order valence-electron chi connectivity index (χ1n) is 6.06. The highest BCUT2D eigenvalue weighted by Gasteiger charge is 2.30. The van der Waals surface area contributed by atoms with Crippen molar-refractivity contribution in [3.05, 3.63) is 53.6 Å². The number of fused-ring (bicyclic) bond motifs is 3. The lowest BCUT2D eigenvalue weighted by Gasteiger charge is -2.34. The van der Waals surface area contributed by atoms with Gasteiger partial charge in [-0.25, -0.2) is 0 Å². The third kappa shape index (κ3) is 1.54. The molecule has 1 nitrogen and oxygen atoms in total. The molecular formula is C16H17N. The second-order valence-electron chi connectivity index (χ2n) is 5.52. The Kier molecular flexibility index (Phi) is 2.06. The molecule has 0 saturated heterocycles. The highest BCUT2D eigenvalue weighted by Crippen LogP contribution is 2.43. The summed E-state index contributed by atoms with van der Waals surface area (Å²) in [7, 11) is 0. The average Bonchev–Trinajstić information content (AvgIpc) is 2.29. The standard InChI is InChI=1S/C16H17N/c1-16(2)10-11-5-3-4-6-13(11)14-8-7-12(17)9-15(14)16/h3-9H,10,17H2,1-2H3. The lowest BCUT2D eigenvalue weighted by molar-refractivity contribution is 0.517. The van der Waals surface area contributed by atoms with Crippen molar-refractivity contribution in [1.29, 1.82) is 0 Å². The van der Waals surface area contributed by atoms with Gasteiger partial charge in [-0.15, -0.1) is 0 Å². The van der Waals surface area contributed by atoms with E-state index in [1.807, 2.05) is 6.07 Å². The summed E-state index contributed by atoms with van der Waals surface area (Å²) in [5.74, 6) is 0. The van der Waals surface area contributed by atoms with Crippen LogP contribution in [0.15, 0.2) is 42.5 Å². The molecule has 0 fully saturated rings. The van der Waals surface area contributed by atoms with E-state index in [1.165, 1.54) is 22.3 Å². The molecule has 0 bridgehead atoms. The van der Waals surface area contributed by atoms with Gasteiger partial charge in [0, 0.05) is 5.69 Å². The van der Waals surface area contributed by atoms with Gasteiger partial charge in [-0.05, 0) is 46.2 Å². The number of anilines is 1. The lowest BCUT2D eigenvalue weighted by atomic mass is 9.70. The van der Waals surface area contributed by atoms with Crippen molar-refractivity contribution in [1.82, 2.24) is 0 Å². The average molecular weight is 223 g/mol. The Morgan fingerprint density at radius 1 is 1.00 bits per heavy atom. The molecule has 0 aromatic heterocycles. The van der Waals surface area contributed by atoms with E-state index in [-0.39, 0.29) is 5.41 Å². The quantitative estimate of drug-likeness (QED) is 0.676. The minimum atomic E-state index is 0.166. The SMILES string of the molecule is CC1(C)Cc2ccccc2-c2ccc(N)cc21. The zero-order valence-corrected chi connectivity index (χ0v) is 10.3. The predicted octanol–water partition coefficient (Wildman–Crippen LogP) is 3.77. The fourth-order valence-electron chi connectivity index (χ4n) is 2.87. The third-order valence-corrected chi connectivity index (χ3v) is 3.71. The number of nitrogen functional groups attached to an aromatic ring is 1. The number of nitrogens with two attached hydrogens (primary N) is 1. The molecule has 0 unspecified atom stereocenters. The van der Waals surface area contributed by atoms with Gasteiger partial charge in [0.05, 0.1) is 0 Å². The molecule has 0 aliphatic heterocycles. The molecule has 3 rings (SSSR count). The molecule has 0 heterocycles. The molecule has 86 valence electrons. The van der Waals surface area contributed by atoms with Crippen LogP contribution < -0.4 is 5.73 Å². The molecule has 17 heavy (non-hydrogen) atoms. The Bertz CT molecular complexity index is 582. The maximum atomic E-state index is 5.92. The van der Waals surface area contributed by atoms with Gasteiger partial charge in [0.2, 0.25) is 0 Å². The van der Waals surface area contributed by atoms with Crippen molar-refractivity contribution in [2.24, 2.45) is 0 Å². The molecule has 2 aromatic rings. The van der Waals surface area contributed by atoms with Crippen LogP contribution in [-0.2, 0) is 11.8 Å². The highest BCUT2D eigenvalue weighted by molar-refractivity contribution is 5.76. The van der Waals surface area contributed by atoms with Gasteiger partial charge in [-0.3, -0.25) is 0 Å². The topological polar surface area (TPSA) is 26.0 Å². The first-order valence-corrected chi connectivity index (χ1v) is 6.06. The highest BCUT2D eigenvalue weighted by atomic mass is 14.5. The molecule has 0 amide bonds. The maximum Gasteiger partial charge on any atom is 0.0317 e. The predicted molar refractivity (Wildman–Crippen MR) is 73.0 cm³/mol. The van der Waals surface area contributed by atoms with Crippen LogP contribution in [-0.4, -0.2) is 0 Å². The number of rotatable bonds is 0. The van der Waals surface area contributed by atoms with Gasteiger partial charge in [-0.1, -0.05) is 44.2 Å². The molecule has 2 N–H and O–H groups in total. The number of benzene rings is 2. The third-order valence-electron chi connectivity index (χ3n) is 3.71. The molecule has 1 heteroatoms. The summed E-state index contributed by atoms with van der Waals surface area (Å²) in [5.41, 5.74) is 12.5. The Labute approximate surface area is 102 Å². The fourth-order valence-corrected chi connectivity index (χ4v) is 2.87. The Morgan fingerprint density at radius 3 is 2.59 bits per heavy atom. The van der Waals surface area contributed by atoms with Crippen molar-refractivity contribution in [3.63, 3.8) is 0 Å². The van der Waals surface area contributed by atoms with Crippen molar-refractivity contribution in [3.8, 4) is 11.1 Å². The molecular weight excluding hydrogens is 206 g/mol. The number of hydrogen-bond acceptors (Lipinski definition) is 1. The van der Waals surface area contributed by atoms with Gasteiger partial charge in [0.25, 0.3) is 0 Å². The van der Waals surface area contributed by atoms with E-state index in [9.17, 15) is 0 Å². The van der Waals surface area contributed by atoms with Crippen molar-refractivity contribution in [2.45, 2.75) is 25.7 Å². The van der Waals surface area contributed by atoms with E-state index in [1.54, 1.807) is 0 Å². The van der Waals surface area contributed by atoms with Crippen LogP contribution in [0.3, 0.4) is 0 Å². The van der Waals surface area contributed by atoms with Gasteiger partial charge in [-0.2, -0.15) is 0 Å². The smallest absolute Gasteiger partial charge is 0.0317 e. The molecule has 0 radical (unpaired) electrons. The summed E-state index contributed by atoms with van der Waals surface area (Å²) in [6.07, 6.45) is 1.08. The second-order valence-corrected chi connectivity index (χ2v) is 5.52. The van der Waals surface area contributed by atoms with Crippen LogP contribution >= 0.6 is 0 Å². The van der Waals surface area contributed by atoms with E-state index in [4.69, 9.17) is 5.73 Å². The molecule has 0 atom stereocenters. The van der Waals surface area contributed by atoms with Crippen LogP contribution in [0.2, 0.25) is 0 Å². The molecule has 1 aliphatic carbocycles. The molecule has 1 aliphatic rings. The largest absolute Gasteiger partial charge is 0.399 e. The van der Waals surface area contributed by atoms with E-state index < -0.39 is 0 Å². The minimum Gasteiger partial charge on any atom is -0.399 e. The van der Waals surface area contributed by atoms with Crippen LogP contribution in [0.1, 0.15) is 25.0 Å². The summed E-state index contributed by atoms with van der Waals surface area (Å²) in [6.45, 7) is 4.59. The van der Waals surface area contributed by atoms with Crippen LogP contribution in [0.5, 0.6) is 0 Å². The van der Waals surface area contributed by atoms with Gasteiger partial charge < -0.3 is 5.73 Å². The fraction of sp³-hybridized carbons (Fsp3) is 0.250. The molecule has 0 saturated carbocycles. The Morgan fingerprint density at radius 2 is 1.76 bits per heavy atom. The zero-order valence-electron chi connectivity index (χ0n) is 10.3. The van der Waals surface area contributed by atoms with Crippen LogP contribution in [0.25, 0.3) is 11.1 Å². The summed E-state index contributed by atoms with van der Waals surface area (Å²) >= 11 is 0. The first-order chi connectivity index (χ1) is 8.08. The van der Waals surface area contributed by atoms with Crippen LogP contribution in [0, 0.1) is 0 Å². The lowest BCUT2D eigenvalue weighted by Crippen LogP contribution is -2.25. The summed E-state index contributed by atoms with van der Waals surface area (Å²) in [6, 6.07) is 15.0. The molecule has 2 aromatic carbocycles. The van der Waals surface area contributed by atoms with Gasteiger partial charge >= 0.3 is 0 Å². The summed E-state index contributed by atoms with van der Waals surface area (Å²) in [4.78, 5) is 0. The first kappa shape index (κ1) is 10.4. The Hall–Kier alpha value is -1.76. The summed E-state index contributed by atoms with van der Waals surface area (Å²) in [5, 5.41) is 0. The minimum absolute atomic E-state index is 0.166. The van der Waals surface area contributed by atoms with E-state index in [0.717, 1.165) is 12.1 Å². The Balaban J connectivity index is 2.33. The van der Waals surface area contributed by atoms with Crippen molar-refractivity contribution < 1.29 is 0 Å². The van der Waals surface area contributed by atoms with E-state index >= 15 is 0 Å². The van der Waals surface area contributed by atoms with Crippen molar-refractivity contribution in [2.75, 3.05) is 5.73 Å². The monoisotopic (exact) mass is 223 g/mol. The van der Waals surface area contributed by atoms with E-state index in [2.05, 4.69) is 50.2 Å². The second kappa shape index (κ2) is 3.36. The summed E-state index contributed by atoms with van der Waals surface area (Å²) < 4.78 is 0. The van der Waals surface area contributed by atoms with Crippen LogP contribution in [0.4, 0.5) is 5.69 Å². The zero-order chi connectivity index (χ0) is 12.0. The molecule has 0 spiro atoms. The normalized spacial score (nSPS) is 16.1. The maximum absolute atomic E-state index is 5.92. The van der Waals surface area contributed by atoms with Gasteiger partial charge in [0.1, 0.15) is 0 Å². The number of hydrogen-bond donors (Lipinski definition) is 1.